The monoisotopic (exact) mass is 375 g/mol. The molecular weight excluding hydrogens is 350 g/mol. The lowest BCUT2D eigenvalue weighted by atomic mass is 10.1. The molecule has 2 rings (SSSR count). The smallest absolute Gasteiger partial charge is 0.255 e. The molecule has 1 amide bonds. The fourth-order valence-corrected chi connectivity index (χ4v) is 3.73. The first-order valence-corrected chi connectivity index (χ1v) is 9.84. The minimum absolute atomic E-state index is 0.135. The molecule has 2 aromatic carbocycles. The Morgan fingerprint density at radius 1 is 1.04 bits per heavy atom. The lowest BCUT2D eigenvalue weighted by Gasteiger charge is -2.15. The Labute approximate surface area is 155 Å². The second-order valence-corrected chi connectivity index (χ2v) is 8.36. The van der Waals surface area contributed by atoms with Crippen molar-refractivity contribution in [1.82, 2.24) is 9.62 Å². The van der Waals surface area contributed by atoms with Crippen LogP contribution in [0.5, 0.6) is 0 Å². The van der Waals surface area contributed by atoms with Crippen LogP contribution in [0.3, 0.4) is 0 Å². The Morgan fingerprint density at radius 2 is 1.65 bits per heavy atom. The van der Waals surface area contributed by atoms with Gasteiger partial charge in [0.05, 0.1) is 4.90 Å². The number of carbonyl (C=O) groups excluding carboxylic acids is 1. The summed E-state index contributed by atoms with van der Waals surface area (Å²) >= 11 is 0. The zero-order valence-corrected chi connectivity index (χ0v) is 16.3. The van der Waals surface area contributed by atoms with Gasteiger partial charge in [-0.05, 0) is 63.8 Å². The Balaban J connectivity index is 2.17. The summed E-state index contributed by atoms with van der Waals surface area (Å²) in [7, 11) is 0.354. The van der Waals surface area contributed by atoms with Gasteiger partial charge in [0.15, 0.2) is 0 Å². The maximum absolute atomic E-state index is 12.5. The highest BCUT2D eigenvalue weighted by Crippen LogP contribution is 2.18. The lowest BCUT2D eigenvalue weighted by molar-refractivity contribution is 0.102. The summed E-state index contributed by atoms with van der Waals surface area (Å²) < 4.78 is 26.8. The third-order valence-electron chi connectivity index (χ3n) is 3.57. The summed E-state index contributed by atoms with van der Waals surface area (Å²) in [5.74, 6) is -0.281. The predicted molar refractivity (Wildman–Crippen MR) is 104 cm³/mol. The van der Waals surface area contributed by atoms with E-state index in [-0.39, 0.29) is 16.8 Å². The first-order valence-electron chi connectivity index (χ1n) is 8.35. The normalized spacial score (nSPS) is 11.8. The van der Waals surface area contributed by atoms with Crippen LogP contribution in [-0.2, 0) is 16.6 Å². The fraction of sp³-hybridized carbons (Fsp3) is 0.316. The Kier molecular flexibility index (Phi) is 6.52. The quantitative estimate of drug-likeness (QED) is 0.780. The first-order chi connectivity index (χ1) is 12.2. The third-order valence-corrected chi connectivity index (χ3v) is 5.24. The molecule has 2 aromatic rings. The average molecular weight is 375 g/mol. The minimum Gasteiger partial charge on any atom is -0.322 e. The summed E-state index contributed by atoms with van der Waals surface area (Å²) in [6, 6.07) is 13.3. The number of anilines is 1. The van der Waals surface area contributed by atoms with Crippen molar-refractivity contribution in [2.24, 2.45) is 0 Å². The molecule has 0 atom stereocenters. The molecule has 0 spiro atoms. The molecule has 0 saturated carbocycles. The highest BCUT2D eigenvalue weighted by atomic mass is 32.2. The van der Waals surface area contributed by atoms with Crippen LogP contribution in [0.1, 0.15) is 29.8 Å². The van der Waals surface area contributed by atoms with Gasteiger partial charge in [-0.15, -0.1) is 0 Å². The summed E-state index contributed by atoms with van der Waals surface area (Å²) in [5, 5.41) is 2.89. The third kappa shape index (κ3) is 5.39. The van der Waals surface area contributed by atoms with Gasteiger partial charge in [-0.3, -0.25) is 4.79 Å². The van der Waals surface area contributed by atoms with Crippen molar-refractivity contribution in [2.75, 3.05) is 19.4 Å². The van der Waals surface area contributed by atoms with Gasteiger partial charge < -0.3 is 10.2 Å². The van der Waals surface area contributed by atoms with Crippen molar-refractivity contribution in [3.63, 3.8) is 0 Å². The van der Waals surface area contributed by atoms with E-state index in [1.165, 1.54) is 24.3 Å². The lowest BCUT2D eigenvalue weighted by Crippen LogP contribution is -2.30. The summed E-state index contributed by atoms with van der Waals surface area (Å²) in [6.45, 7) is 4.21. The van der Waals surface area contributed by atoms with E-state index >= 15 is 0 Å². The van der Waals surface area contributed by atoms with E-state index in [4.69, 9.17) is 0 Å². The van der Waals surface area contributed by atoms with Crippen molar-refractivity contribution in [2.45, 2.75) is 31.3 Å². The van der Waals surface area contributed by atoms with Crippen LogP contribution in [-0.4, -0.2) is 39.4 Å². The molecule has 6 nitrogen and oxygen atoms in total. The van der Waals surface area contributed by atoms with Crippen LogP contribution in [0.25, 0.3) is 0 Å². The second-order valence-electron chi connectivity index (χ2n) is 6.65. The van der Waals surface area contributed by atoms with E-state index in [0.29, 0.717) is 12.1 Å². The van der Waals surface area contributed by atoms with Crippen LogP contribution in [0, 0.1) is 0 Å². The number of hydrogen-bond acceptors (Lipinski definition) is 4. The molecule has 0 radical (unpaired) electrons. The number of benzene rings is 2. The van der Waals surface area contributed by atoms with E-state index in [1.807, 2.05) is 43.3 Å². The molecule has 0 aliphatic heterocycles. The van der Waals surface area contributed by atoms with Gasteiger partial charge in [0.25, 0.3) is 5.91 Å². The van der Waals surface area contributed by atoms with Crippen LogP contribution in [0.2, 0.25) is 0 Å². The van der Waals surface area contributed by atoms with Crippen molar-refractivity contribution < 1.29 is 13.2 Å². The number of hydrogen-bond donors (Lipinski definition) is 2. The highest BCUT2D eigenvalue weighted by Gasteiger charge is 2.16. The van der Waals surface area contributed by atoms with Gasteiger partial charge in [-0.25, -0.2) is 13.1 Å². The average Bonchev–Trinajstić information content (AvgIpc) is 2.55. The molecule has 0 heterocycles. The van der Waals surface area contributed by atoms with E-state index in [9.17, 15) is 13.2 Å². The zero-order chi connectivity index (χ0) is 19.3. The highest BCUT2D eigenvalue weighted by molar-refractivity contribution is 7.89. The number of rotatable bonds is 7. The number of amides is 1. The minimum atomic E-state index is -3.57. The zero-order valence-electron chi connectivity index (χ0n) is 15.5. The van der Waals surface area contributed by atoms with Crippen molar-refractivity contribution >= 4 is 21.6 Å². The molecule has 0 saturated heterocycles. The largest absolute Gasteiger partial charge is 0.322 e. The molecule has 0 aliphatic carbocycles. The Hall–Kier alpha value is -2.22. The molecule has 140 valence electrons. The molecule has 0 bridgehead atoms. The van der Waals surface area contributed by atoms with Gasteiger partial charge in [-0.1, -0.05) is 18.2 Å². The van der Waals surface area contributed by atoms with Crippen molar-refractivity contribution in [3.8, 4) is 0 Å². The predicted octanol–water partition coefficient (Wildman–Crippen LogP) is 2.69. The summed E-state index contributed by atoms with van der Waals surface area (Å²) in [5.41, 5.74) is 2.14. The van der Waals surface area contributed by atoms with Crippen LogP contribution < -0.4 is 10.0 Å². The van der Waals surface area contributed by atoms with Crippen molar-refractivity contribution in [1.29, 1.82) is 0 Å². The van der Waals surface area contributed by atoms with Gasteiger partial charge >= 0.3 is 0 Å². The Bertz CT molecular complexity index is 860. The van der Waals surface area contributed by atoms with Gasteiger partial charge in [-0.2, -0.15) is 0 Å². The van der Waals surface area contributed by atoms with E-state index < -0.39 is 10.0 Å². The summed E-state index contributed by atoms with van der Waals surface area (Å²) in [6.07, 6.45) is 0. The second kappa shape index (κ2) is 8.44. The molecule has 26 heavy (non-hydrogen) atoms. The maximum atomic E-state index is 12.5. The maximum Gasteiger partial charge on any atom is 0.255 e. The van der Waals surface area contributed by atoms with E-state index in [0.717, 1.165) is 11.3 Å². The number of nitrogens with zero attached hydrogens (tertiary/aromatic N) is 1. The molecule has 0 fully saturated rings. The molecule has 2 N–H and O–H groups in total. The van der Waals surface area contributed by atoms with Crippen LogP contribution >= 0.6 is 0 Å². The number of para-hydroxylation sites is 1. The van der Waals surface area contributed by atoms with Crippen LogP contribution in [0.4, 0.5) is 5.69 Å². The molecule has 0 unspecified atom stereocenters. The van der Waals surface area contributed by atoms with E-state index in [1.54, 1.807) is 13.8 Å². The van der Waals surface area contributed by atoms with Gasteiger partial charge in [0.1, 0.15) is 0 Å². The number of sulfonamides is 1. The van der Waals surface area contributed by atoms with E-state index in [2.05, 4.69) is 10.0 Å². The van der Waals surface area contributed by atoms with Crippen molar-refractivity contribution in [3.05, 3.63) is 59.7 Å². The first kappa shape index (κ1) is 20.1. The fourth-order valence-electron chi connectivity index (χ4n) is 2.48. The standard InChI is InChI=1S/C19H25N3O3S/c1-14(2)21-26(24,25)17-11-9-15(10-12-17)19(23)20-18-8-6-5-7-16(18)13-22(3)4/h5-12,14,21H,13H2,1-4H3,(H,20,23). The SMILES string of the molecule is CC(C)NS(=O)(=O)c1ccc(C(=O)Nc2ccccc2CN(C)C)cc1. The summed E-state index contributed by atoms with van der Waals surface area (Å²) in [4.78, 5) is 14.7. The molecule has 0 aromatic heterocycles. The topological polar surface area (TPSA) is 78.5 Å². The Morgan fingerprint density at radius 3 is 2.23 bits per heavy atom. The molecule has 0 aliphatic rings. The molecule has 7 heteroatoms. The van der Waals surface area contributed by atoms with Gasteiger partial charge in [0, 0.05) is 23.8 Å². The number of carbonyl (C=O) groups is 1. The molecular formula is C19H25N3O3S. The van der Waals surface area contributed by atoms with Crippen LogP contribution in [0.15, 0.2) is 53.4 Å². The van der Waals surface area contributed by atoms with Gasteiger partial charge in [0.2, 0.25) is 10.0 Å². The number of nitrogens with one attached hydrogen (secondary N) is 2.